The van der Waals surface area contributed by atoms with E-state index in [-0.39, 0.29) is 17.8 Å². The molecule has 2 atom stereocenters. The van der Waals surface area contributed by atoms with E-state index >= 15 is 0 Å². The Bertz CT molecular complexity index is 593. The number of ether oxygens (including phenoxy) is 2. The Balaban J connectivity index is 2.28. The lowest BCUT2D eigenvalue weighted by atomic mass is 9.91. The molecular weight excluding hydrogens is 260 g/mol. The quantitative estimate of drug-likeness (QED) is 0.660. The van der Waals surface area contributed by atoms with Crippen LogP contribution in [0.5, 0.6) is 11.5 Å². The van der Waals surface area contributed by atoms with Crippen LogP contribution in [0.15, 0.2) is 0 Å². The van der Waals surface area contributed by atoms with E-state index in [1.54, 1.807) is 0 Å². The molecule has 1 N–H and O–H groups in total. The number of hydrogen-bond donors (Lipinski definition) is 1. The van der Waals surface area contributed by atoms with Crippen molar-refractivity contribution < 1.29 is 24.2 Å². The van der Waals surface area contributed by atoms with E-state index in [0.29, 0.717) is 29.9 Å². The van der Waals surface area contributed by atoms with Crippen molar-refractivity contribution in [3.05, 3.63) is 22.3 Å². The van der Waals surface area contributed by atoms with Gasteiger partial charge in [0, 0.05) is 24.0 Å². The minimum atomic E-state index is -1.46. The van der Waals surface area contributed by atoms with E-state index < -0.39 is 11.8 Å². The monoisotopic (exact) mass is 276 g/mol. The van der Waals surface area contributed by atoms with Crippen molar-refractivity contribution >= 4 is 11.8 Å². The highest BCUT2D eigenvalue weighted by Crippen LogP contribution is 2.46. The summed E-state index contributed by atoms with van der Waals surface area (Å²) in [5.41, 5.74) is 2.72. The molecule has 3 rings (SSSR count). The second-order valence-electron chi connectivity index (χ2n) is 5.51. The molecule has 0 aliphatic carbocycles. The number of carboxylic acids is 1. The van der Waals surface area contributed by atoms with Crippen LogP contribution < -0.4 is 9.47 Å². The summed E-state index contributed by atoms with van der Waals surface area (Å²) in [6.07, 6.45) is 1.11. The molecule has 0 spiro atoms. The van der Waals surface area contributed by atoms with Gasteiger partial charge in [-0.05, 0) is 26.3 Å². The van der Waals surface area contributed by atoms with Gasteiger partial charge in [-0.25, -0.2) is 4.79 Å². The van der Waals surface area contributed by atoms with Gasteiger partial charge in [0.2, 0.25) is 0 Å². The highest BCUT2D eigenvalue weighted by atomic mass is 16.5. The van der Waals surface area contributed by atoms with Gasteiger partial charge in [0.05, 0.1) is 5.56 Å². The van der Waals surface area contributed by atoms with Crippen LogP contribution in [0.4, 0.5) is 0 Å². The molecule has 0 bridgehead atoms. The average Bonchev–Trinajstić information content (AvgIpc) is 2.92. The first-order valence-electron chi connectivity index (χ1n) is 6.69. The zero-order chi connectivity index (χ0) is 14.6. The summed E-state index contributed by atoms with van der Waals surface area (Å²) in [5.74, 6) is -1.26. The molecule has 0 amide bonds. The largest absolute Gasteiger partial charge is 0.490 e. The van der Waals surface area contributed by atoms with Crippen molar-refractivity contribution in [1.29, 1.82) is 0 Å². The number of benzene rings is 1. The first-order chi connectivity index (χ1) is 9.40. The predicted octanol–water partition coefficient (Wildman–Crippen LogP) is 1.91. The summed E-state index contributed by atoms with van der Waals surface area (Å²) in [5, 5.41) is 9.05. The molecule has 2 unspecified atom stereocenters. The molecule has 2 aliphatic heterocycles. The van der Waals surface area contributed by atoms with Crippen molar-refractivity contribution in [3.8, 4) is 11.5 Å². The maximum atomic E-state index is 12.1. The Morgan fingerprint density at radius 2 is 1.60 bits per heavy atom. The molecule has 0 radical (unpaired) electrons. The number of Topliss-reactive ketones (excluding diaryl/α,β-unsaturated/α-hetero) is 1. The third kappa shape index (κ3) is 1.69. The summed E-state index contributed by atoms with van der Waals surface area (Å²) in [7, 11) is 0. The maximum absolute atomic E-state index is 12.1. The van der Waals surface area contributed by atoms with Gasteiger partial charge in [-0.2, -0.15) is 0 Å². The van der Waals surface area contributed by atoms with Crippen LogP contribution in [0.25, 0.3) is 0 Å². The summed E-state index contributed by atoms with van der Waals surface area (Å²) in [4.78, 5) is 23.2. The summed E-state index contributed by atoms with van der Waals surface area (Å²) in [6, 6.07) is 0. The summed E-state index contributed by atoms with van der Waals surface area (Å²) >= 11 is 0. The Kier molecular flexibility index (Phi) is 2.74. The molecule has 0 saturated carbocycles. The molecule has 0 fully saturated rings. The molecule has 2 aliphatic rings. The van der Waals surface area contributed by atoms with Crippen LogP contribution >= 0.6 is 0 Å². The Labute approximate surface area is 116 Å². The molecule has 0 saturated heterocycles. The van der Waals surface area contributed by atoms with Gasteiger partial charge < -0.3 is 14.6 Å². The first kappa shape index (κ1) is 13.0. The number of carbonyl (C=O) groups is 2. The van der Waals surface area contributed by atoms with Gasteiger partial charge in [0.1, 0.15) is 23.7 Å². The van der Waals surface area contributed by atoms with E-state index in [1.807, 2.05) is 20.8 Å². The highest BCUT2D eigenvalue weighted by molar-refractivity contribution is 6.41. The smallest absolute Gasteiger partial charge is 0.377 e. The SMILES string of the molecule is Cc1c2c(c(C(=O)C(=O)O)c3c1OC(C)C3)OC(C)C2. The van der Waals surface area contributed by atoms with Gasteiger partial charge >= 0.3 is 5.97 Å². The van der Waals surface area contributed by atoms with Gasteiger partial charge in [0.15, 0.2) is 0 Å². The minimum absolute atomic E-state index is 0.0519. The fourth-order valence-corrected chi connectivity index (χ4v) is 3.07. The lowest BCUT2D eigenvalue weighted by molar-refractivity contribution is -0.131. The van der Waals surface area contributed by atoms with Crippen molar-refractivity contribution in [2.24, 2.45) is 0 Å². The Morgan fingerprint density at radius 1 is 1.05 bits per heavy atom. The van der Waals surface area contributed by atoms with Gasteiger partial charge in [-0.3, -0.25) is 4.79 Å². The second-order valence-corrected chi connectivity index (χ2v) is 5.51. The van der Waals surface area contributed by atoms with E-state index in [0.717, 1.165) is 11.1 Å². The lowest BCUT2D eigenvalue weighted by Crippen LogP contribution is -2.17. The molecule has 20 heavy (non-hydrogen) atoms. The highest BCUT2D eigenvalue weighted by Gasteiger charge is 2.38. The van der Waals surface area contributed by atoms with Crippen molar-refractivity contribution in [2.45, 2.75) is 45.8 Å². The normalized spacial score (nSPS) is 22.8. The van der Waals surface area contributed by atoms with Crippen LogP contribution in [0, 0.1) is 6.92 Å². The number of carbonyl (C=O) groups excluding carboxylic acids is 1. The minimum Gasteiger partial charge on any atom is -0.490 e. The molecule has 5 nitrogen and oxygen atoms in total. The third-order valence-electron chi connectivity index (χ3n) is 3.91. The number of rotatable bonds is 2. The molecule has 1 aromatic rings. The van der Waals surface area contributed by atoms with Crippen LogP contribution in [0.1, 0.15) is 40.9 Å². The predicted molar refractivity (Wildman–Crippen MR) is 70.7 cm³/mol. The average molecular weight is 276 g/mol. The van der Waals surface area contributed by atoms with Crippen molar-refractivity contribution in [1.82, 2.24) is 0 Å². The van der Waals surface area contributed by atoms with Gasteiger partial charge in [0.25, 0.3) is 5.78 Å². The number of aliphatic carboxylic acids is 1. The van der Waals surface area contributed by atoms with Crippen LogP contribution in [0.3, 0.4) is 0 Å². The zero-order valence-electron chi connectivity index (χ0n) is 11.6. The fourth-order valence-electron chi connectivity index (χ4n) is 3.07. The van der Waals surface area contributed by atoms with Crippen LogP contribution in [0.2, 0.25) is 0 Å². The molecule has 5 heteroatoms. The fraction of sp³-hybridized carbons (Fsp3) is 0.467. The second kappa shape index (κ2) is 4.23. The Hall–Kier alpha value is -2.04. The first-order valence-corrected chi connectivity index (χ1v) is 6.69. The van der Waals surface area contributed by atoms with Crippen molar-refractivity contribution in [2.75, 3.05) is 0 Å². The van der Waals surface area contributed by atoms with E-state index in [4.69, 9.17) is 14.6 Å². The van der Waals surface area contributed by atoms with Gasteiger partial charge in [-0.15, -0.1) is 0 Å². The maximum Gasteiger partial charge on any atom is 0.377 e. The topological polar surface area (TPSA) is 72.8 Å². The van der Waals surface area contributed by atoms with E-state index in [1.165, 1.54) is 0 Å². The van der Waals surface area contributed by atoms with Crippen LogP contribution in [-0.4, -0.2) is 29.1 Å². The van der Waals surface area contributed by atoms with E-state index in [9.17, 15) is 9.59 Å². The molecule has 2 heterocycles. The summed E-state index contributed by atoms with van der Waals surface area (Å²) in [6.45, 7) is 5.75. The standard InChI is InChI=1S/C15H16O5/c1-6-4-9-8(3)13-10(5-7(2)19-13)11(14(9)20-6)12(16)15(17)18/h6-7H,4-5H2,1-3H3,(H,17,18). The van der Waals surface area contributed by atoms with Crippen molar-refractivity contribution in [3.63, 3.8) is 0 Å². The third-order valence-corrected chi connectivity index (χ3v) is 3.91. The molecule has 106 valence electrons. The Morgan fingerprint density at radius 3 is 2.20 bits per heavy atom. The number of hydrogen-bond acceptors (Lipinski definition) is 4. The molecule has 0 aromatic heterocycles. The van der Waals surface area contributed by atoms with Gasteiger partial charge in [-0.1, -0.05) is 0 Å². The lowest BCUT2D eigenvalue weighted by Gasteiger charge is -2.13. The zero-order valence-corrected chi connectivity index (χ0v) is 11.6. The molecule has 1 aromatic carbocycles. The van der Waals surface area contributed by atoms with E-state index in [2.05, 4.69) is 0 Å². The number of fused-ring (bicyclic) bond motifs is 2. The number of carboxylic acid groups (broad SMARTS) is 1. The molecular formula is C15H16O5. The number of ketones is 1. The van der Waals surface area contributed by atoms with Crippen LogP contribution in [-0.2, 0) is 17.6 Å². The summed E-state index contributed by atoms with van der Waals surface area (Å²) < 4.78 is 11.5.